The first-order valence-corrected chi connectivity index (χ1v) is 11.0. The number of sulfonamides is 2. The van der Waals surface area contributed by atoms with Crippen LogP contribution in [0, 0.1) is 6.92 Å². The first kappa shape index (κ1) is 18.7. The normalized spacial score (nSPS) is 21.3. The fourth-order valence-electron chi connectivity index (χ4n) is 2.88. The molecule has 0 atom stereocenters. The van der Waals surface area contributed by atoms with E-state index >= 15 is 0 Å². The van der Waals surface area contributed by atoms with Crippen LogP contribution in [0.1, 0.15) is 5.56 Å². The summed E-state index contributed by atoms with van der Waals surface area (Å²) in [7, 11) is -7.51. The first-order valence-electron chi connectivity index (χ1n) is 8.10. The fraction of sp³-hybridized carbons (Fsp3) is 0.600. The van der Waals surface area contributed by atoms with Gasteiger partial charge in [-0.05, 0) is 24.6 Å². The minimum atomic E-state index is -3.76. The molecule has 2 aliphatic heterocycles. The summed E-state index contributed by atoms with van der Waals surface area (Å²) in [5.41, 5.74) is 0.521. The highest BCUT2D eigenvalue weighted by Gasteiger charge is 2.31. The largest absolute Gasteiger partial charge is 0.379 e. The maximum atomic E-state index is 12.9. The van der Waals surface area contributed by atoms with E-state index in [1.54, 1.807) is 13.0 Å². The molecule has 3 rings (SSSR count). The van der Waals surface area contributed by atoms with Gasteiger partial charge in [-0.25, -0.2) is 16.8 Å². The molecule has 2 aliphatic rings. The summed E-state index contributed by atoms with van der Waals surface area (Å²) in [5.74, 6) is 0. The van der Waals surface area contributed by atoms with E-state index in [0.717, 1.165) is 0 Å². The Morgan fingerprint density at radius 3 is 1.80 bits per heavy atom. The zero-order valence-corrected chi connectivity index (χ0v) is 15.7. The van der Waals surface area contributed by atoms with E-state index in [1.807, 2.05) is 0 Å². The van der Waals surface area contributed by atoms with Gasteiger partial charge in [0.2, 0.25) is 20.0 Å². The standard InChI is InChI=1S/C15H22N2O6S2/c1-13-2-3-14(24(18,19)16-4-8-22-9-5-16)12-15(13)25(20,21)17-6-10-23-11-7-17/h2-3,12H,4-11H2,1H3. The summed E-state index contributed by atoms with van der Waals surface area (Å²) in [5, 5.41) is 0. The summed E-state index contributed by atoms with van der Waals surface area (Å²) in [6.45, 7) is 4.08. The highest BCUT2D eigenvalue weighted by Crippen LogP contribution is 2.26. The maximum Gasteiger partial charge on any atom is 0.243 e. The number of benzene rings is 1. The van der Waals surface area contributed by atoms with Crippen LogP contribution in [0.3, 0.4) is 0 Å². The average molecular weight is 390 g/mol. The van der Waals surface area contributed by atoms with Gasteiger partial charge in [0.15, 0.2) is 0 Å². The van der Waals surface area contributed by atoms with Crippen LogP contribution >= 0.6 is 0 Å². The Morgan fingerprint density at radius 1 is 0.800 bits per heavy atom. The van der Waals surface area contributed by atoms with Crippen LogP contribution in [-0.4, -0.2) is 78.1 Å². The van der Waals surface area contributed by atoms with Crippen LogP contribution in [0.15, 0.2) is 28.0 Å². The highest BCUT2D eigenvalue weighted by atomic mass is 32.2. The Labute approximate surface area is 148 Å². The molecule has 0 amide bonds. The predicted molar refractivity (Wildman–Crippen MR) is 90.3 cm³/mol. The third-order valence-electron chi connectivity index (χ3n) is 4.36. The number of hydrogen-bond donors (Lipinski definition) is 0. The lowest BCUT2D eigenvalue weighted by Crippen LogP contribution is -2.41. The van der Waals surface area contributed by atoms with Crippen molar-refractivity contribution in [1.29, 1.82) is 0 Å². The molecule has 0 bridgehead atoms. The molecule has 0 spiro atoms. The molecule has 8 nitrogen and oxygen atoms in total. The number of aryl methyl sites for hydroxylation is 1. The lowest BCUT2D eigenvalue weighted by atomic mass is 10.2. The summed E-state index contributed by atoms with van der Waals surface area (Å²) in [6.07, 6.45) is 0. The van der Waals surface area contributed by atoms with Crippen molar-refractivity contribution in [3.63, 3.8) is 0 Å². The zero-order valence-electron chi connectivity index (χ0n) is 14.0. The Balaban J connectivity index is 1.98. The number of ether oxygens (including phenoxy) is 2. The van der Waals surface area contributed by atoms with E-state index in [2.05, 4.69) is 0 Å². The quantitative estimate of drug-likeness (QED) is 0.721. The van der Waals surface area contributed by atoms with Crippen molar-refractivity contribution in [1.82, 2.24) is 8.61 Å². The lowest BCUT2D eigenvalue weighted by molar-refractivity contribution is 0.0728. The molecule has 25 heavy (non-hydrogen) atoms. The van der Waals surface area contributed by atoms with Gasteiger partial charge in [0.1, 0.15) is 0 Å². The molecule has 2 heterocycles. The van der Waals surface area contributed by atoms with Crippen molar-refractivity contribution < 1.29 is 26.3 Å². The summed E-state index contributed by atoms with van der Waals surface area (Å²) >= 11 is 0. The SMILES string of the molecule is Cc1ccc(S(=O)(=O)N2CCOCC2)cc1S(=O)(=O)N1CCOCC1. The van der Waals surface area contributed by atoms with E-state index < -0.39 is 20.0 Å². The van der Waals surface area contributed by atoms with Gasteiger partial charge in [-0.1, -0.05) is 6.07 Å². The van der Waals surface area contributed by atoms with Gasteiger partial charge in [-0.2, -0.15) is 8.61 Å². The van der Waals surface area contributed by atoms with E-state index in [9.17, 15) is 16.8 Å². The second-order valence-electron chi connectivity index (χ2n) is 5.96. The third kappa shape index (κ3) is 3.74. The second-order valence-corrected chi connectivity index (χ2v) is 9.80. The molecule has 0 aliphatic carbocycles. The molecule has 0 radical (unpaired) electrons. The Hall–Kier alpha value is -1.04. The van der Waals surface area contributed by atoms with E-state index in [4.69, 9.17) is 9.47 Å². The number of nitrogens with zero attached hydrogens (tertiary/aromatic N) is 2. The Kier molecular flexibility index (Phi) is 5.47. The van der Waals surface area contributed by atoms with Gasteiger partial charge in [-0.15, -0.1) is 0 Å². The van der Waals surface area contributed by atoms with Crippen LogP contribution in [-0.2, 0) is 29.5 Å². The molecule has 0 saturated carbocycles. The van der Waals surface area contributed by atoms with Crippen molar-refractivity contribution in [2.45, 2.75) is 16.7 Å². The Bertz CT molecular complexity index is 826. The minimum absolute atomic E-state index is 0.00756. The van der Waals surface area contributed by atoms with E-state index in [-0.39, 0.29) is 36.0 Å². The van der Waals surface area contributed by atoms with Gasteiger partial charge in [0.25, 0.3) is 0 Å². The molecule has 2 fully saturated rings. The van der Waals surface area contributed by atoms with E-state index in [1.165, 1.54) is 20.7 Å². The third-order valence-corrected chi connectivity index (χ3v) is 8.29. The lowest BCUT2D eigenvalue weighted by Gasteiger charge is -2.28. The average Bonchev–Trinajstić information content (AvgIpc) is 2.63. The van der Waals surface area contributed by atoms with Crippen LogP contribution in [0.4, 0.5) is 0 Å². The smallest absolute Gasteiger partial charge is 0.243 e. The predicted octanol–water partition coefficient (Wildman–Crippen LogP) is 0.0368. The van der Waals surface area contributed by atoms with Crippen molar-refractivity contribution in [2.24, 2.45) is 0 Å². The summed E-state index contributed by atoms with van der Waals surface area (Å²) < 4.78 is 64.5. The minimum Gasteiger partial charge on any atom is -0.379 e. The number of rotatable bonds is 4. The van der Waals surface area contributed by atoms with Gasteiger partial charge >= 0.3 is 0 Å². The number of morpholine rings is 2. The van der Waals surface area contributed by atoms with Crippen LogP contribution in [0.25, 0.3) is 0 Å². The summed E-state index contributed by atoms with van der Waals surface area (Å²) in [6, 6.07) is 4.27. The topological polar surface area (TPSA) is 93.2 Å². The van der Waals surface area contributed by atoms with Gasteiger partial charge in [0, 0.05) is 26.2 Å². The van der Waals surface area contributed by atoms with E-state index in [0.29, 0.717) is 32.0 Å². The highest BCUT2D eigenvalue weighted by molar-refractivity contribution is 7.90. The molecule has 0 aromatic heterocycles. The van der Waals surface area contributed by atoms with Crippen molar-refractivity contribution in [2.75, 3.05) is 52.6 Å². The van der Waals surface area contributed by atoms with Gasteiger partial charge in [0.05, 0.1) is 36.2 Å². The Morgan fingerprint density at radius 2 is 1.28 bits per heavy atom. The monoisotopic (exact) mass is 390 g/mol. The molecule has 10 heteroatoms. The maximum absolute atomic E-state index is 12.9. The molecule has 0 N–H and O–H groups in total. The van der Waals surface area contributed by atoms with Crippen LogP contribution in [0.2, 0.25) is 0 Å². The molecule has 2 saturated heterocycles. The number of hydrogen-bond acceptors (Lipinski definition) is 6. The second kappa shape index (κ2) is 7.29. The van der Waals surface area contributed by atoms with Crippen molar-refractivity contribution in [3.05, 3.63) is 23.8 Å². The van der Waals surface area contributed by atoms with Crippen LogP contribution < -0.4 is 0 Å². The van der Waals surface area contributed by atoms with Gasteiger partial charge < -0.3 is 9.47 Å². The molecule has 140 valence electrons. The van der Waals surface area contributed by atoms with Gasteiger partial charge in [-0.3, -0.25) is 0 Å². The summed E-state index contributed by atoms with van der Waals surface area (Å²) in [4.78, 5) is 0.0237. The zero-order chi connectivity index (χ0) is 18.1. The molecule has 1 aromatic rings. The molecule has 0 unspecified atom stereocenters. The van der Waals surface area contributed by atoms with Crippen LogP contribution in [0.5, 0.6) is 0 Å². The molecular weight excluding hydrogens is 368 g/mol. The van der Waals surface area contributed by atoms with Crippen molar-refractivity contribution in [3.8, 4) is 0 Å². The molecular formula is C15H22N2O6S2. The van der Waals surface area contributed by atoms with Crippen molar-refractivity contribution >= 4 is 20.0 Å². The fourth-order valence-corrected chi connectivity index (χ4v) is 6.05. The first-order chi connectivity index (χ1) is 11.8. The molecule has 1 aromatic carbocycles.